The number of amides is 1. The Bertz CT molecular complexity index is 971. The standard InChI is InChI=1S/C25H28ClN3O2/c1-17(2)13-18-3-5-19(6-4-18)25(31)20-9-11-29(12-10-20)16-24(30)28-23-14-22(26)8-7-21(23)15-27/h3-8,14,17,20H,9-13,16H2,1-2H3,(H,28,30). The molecule has 1 amide bonds. The number of likely N-dealkylation sites (tertiary alicyclic amines) is 1. The molecule has 0 aromatic heterocycles. The number of nitriles is 1. The quantitative estimate of drug-likeness (QED) is 0.622. The van der Waals surface area contributed by atoms with Crippen molar-refractivity contribution in [2.75, 3.05) is 25.0 Å². The Balaban J connectivity index is 1.50. The van der Waals surface area contributed by atoms with Gasteiger partial charge < -0.3 is 5.32 Å². The SMILES string of the molecule is CC(C)Cc1ccc(C(=O)C2CCN(CC(=O)Nc3cc(Cl)ccc3C#N)CC2)cc1. The molecule has 1 aliphatic heterocycles. The third kappa shape index (κ3) is 6.40. The minimum absolute atomic E-state index is 0.00613. The van der Waals surface area contributed by atoms with Crippen molar-refractivity contribution >= 4 is 29.0 Å². The second-order valence-corrected chi connectivity index (χ2v) is 9.00. The Labute approximate surface area is 189 Å². The number of nitrogens with zero attached hydrogens (tertiary/aromatic N) is 2. The minimum atomic E-state index is -0.190. The van der Waals surface area contributed by atoms with Gasteiger partial charge in [0, 0.05) is 16.5 Å². The normalized spacial score (nSPS) is 14.9. The van der Waals surface area contributed by atoms with E-state index in [1.54, 1.807) is 18.2 Å². The molecule has 0 saturated carbocycles. The zero-order valence-corrected chi connectivity index (χ0v) is 18.8. The fraction of sp³-hybridized carbons (Fsp3) is 0.400. The molecule has 3 rings (SSSR count). The molecule has 1 fully saturated rings. The Hall–Kier alpha value is -2.68. The van der Waals surface area contributed by atoms with Crippen LogP contribution >= 0.6 is 11.6 Å². The molecule has 0 spiro atoms. The molecule has 0 atom stereocenters. The predicted octanol–water partition coefficient (Wildman–Crippen LogP) is 4.94. The van der Waals surface area contributed by atoms with Crippen molar-refractivity contribution in [3.05, 3.63) is 64.2 Å². The summed E-state index contributed by atoms with van der Waals surface area (Å²) in [5, 5.41) is 12.4. The second-order valence-electron chi connectivity index (χ2n) is 8.56. The molecule has 0 aliphatic carbocycles. The van der Waals surface area contributed by atoms with E-state index in [-0.39, 0.29) is 24.2 Å². The van der Waals surface area contributed by atoms with Crippen LogP contribution in [0.5, 0.6) is 0 Å². The van der Waals surface area contributed by atoms with E-state index < -0.39 is 0 Å². The summed E-state index contributed by atoms with van der Waals surface area (Å²) in [6.07, 6.45) is 2.49. The summed E-state index contributed by atoms with van der Waals surface area (Å²) in [6, 6.07) is 14.8. The lowest BCUT2D eigenvalue weighted by Crippen LogP contribution is -2.40. The van der Waals surface area contributed by atoms with Gasteiger partial charge in [-0.2, -0.15) is 5.26 Å². The lowest BCUT2D eigenvalue weighted by atomic mass is 9.88. The summed E-state index contributed by atoms with van der Waals surface area (Å²) in [4.78, 5) is 27.3. The summed E-state index contributed by atoms with van der Waals surface area (Å²) in [5.41, 5.74) is 2.83. The maximum atomic E-state index is 12.9. The number of halogens is 1. The first kappa shape index (κ1) is 23.0. The zero-order chi connectivity index (χ0) is 22.4. The maximum absolute atomic E-state index is 12.9. The van der Waals surface area contributed by atoms with Crippen molar-refractivity contribution in [1.29, 1.82) is 5.26 Å². The van der Waals surface area contributed by atoms with Crippen LogP contribution in [0.15, 0.2) is 42.5 Å². The van der Waals surface area contributed by atoms with Crippen LogP contribution in [0, 0.1) is 23.2 Å². The molecule has 0 unspecified atom stereocenters. The third-order valence-electron chi connectivity index (χ3n) is 5.58. The number of piperidine rings is 1. The molecule has 31 heavy (non-hydrogen) atoms. The Morgan fingerprint density at radius 2 is 1.84 bits per heavy atom. The van der Waals surface area contributed by atoms with Crippen LogP contribution in [0.4, 0.5) is 5.69 Å². The highest BCUT2D eigenvalue weighted by Gasteiger charge is 2.26. The monoisotopic (exact) mass is 437 g/mol. The number of hydrogen-bond acceptors (Lipinski definition) is 4. The molecular weight excluding hydrogens is 410 g/mol. The number of rotatable bonds is 7. The van der Waals surface area contributed by atoms with Gasteiger partial charge in [-0.15, -0.1) is 0 Å². The number of Topliss-reactive ketones (excluding diaryl/α,β-unsaturated/α-hetero) is 1. The van der Waals surface area contributed by atoms with Crippen molar-refractivity contribution in [3.63, 3.8) is 0 Å². The van der Waals surface area contributed by atoms with Crippen molar-refractivity contribution in [2.24, 2.45) is 11.8 Å². The first-order chi connectivity index (χ1) is 14.9. The first-order valence-corrected chi connectivity index (χ1v) is 11.1. The molecule has 1 N–H and O–H groups in total. The molecular formula is C25H28ClN3O2. The van der Waals surface area contributed by atoms with E-state index in [1.807, 2.05) is 17.0 Å². The highest BCUT2D eigenvalue weighted by atomic mass is 35.5. The Kier molecular flexibility index (Phi) is 7.84. The predicted molar refractivity (Wildman–Crippen MR) is 123 cm³/mol. The third-order valence-corrected chi connectivity index (χ3v) is 5.82. The molecule has 5 nitrogen and oxygen atoms in total. The largest absolute Gasteiger partial charge is 0.324 e. The van der Waals surface area contributed by atoms with Gasteiger partial charge in [-0.05, 0) is 62.0 Å². The lowest BCUT2D eigenvalue weighted by molar-refractivity contribution is -0.117. The Morgan fingerprint density at radius 1 is 1.16 bits per heavy atom. The van der Waals surface area contributed by atoms with Crippen LogP contribution in [0.25, 0.3) is 0 Å². The van der Waals surface area contributed by atoms with Gasteiger partial charge in [0.05, 0.1) is 17.8 Å². The fourth-order valence-corrected chi connectivity index (χ4v) is 4.15. The lowest BCUT2D eigenvalue weighted by Gasteiger charge is -2.30. The molecule has 1 aliphatic rings. The smallest absolute Gasteiger partial charge is 0.238 e. The van der Waals surface area contributed by atoms with Crippen molar-refractivity contribution < 1.29 is 9.59 Å². The minimum Gasteiger partial charge on any atom is -0.324 e. The summed E-state index contributed by atoms with van der Waals surface area (Å²) in [6.45, 7) is 5.98. The van der Waals surface area contributed by atoms with Crippen LogP contribution in [0.3, 0.4) is 0 Å². The highest BCUT2D eigenvalue weighted by Crippen LogP contribution is 2.23. The van der Waals surface area contributed by atoms with Crippen LogP contribution < -0.4 is 5.32 Å². The molecule has 0 radical (unpaired) electrons. The van der Waals surface area contributed by atoms with Gasteiger partial charge in [0.25, 0.3) is 0 Å². The van der Waals surface area contributed by atoms with Crippen molar-refractivity contribution in [3.8, 4) is 6.07 Å². The summed E-state index contributed by atoms with van der Waals surface area (Å²) < 4.78 is 0. The van der Waals surface area contributed by atoms with Gasteiger partial charge >= 0.3 is 0 Å². The average Bonchev–Trinajstić information content (AvgIpc) is 2.74. The van der Waals surface area contributed by atoms with Gasteiger partial charge in [0.15, 0.2) is 5.78 Å². The second kappa shape index (κ2) is 10.6. The van der Waals surface area contributed by atoms with Gasteiger partial charge in [-0.1, -0.05) is 49.7 Å². The number of anilines is 1. The van der Waals surface area contributed by atoms with Crippen LogP contribution in [-0.4, -0.2) is 36.2 Å². The van der Waals surface area contributed by atoms with Crippen molar-refractivity contribution in [2.45, 2.75) is 33.1 Å². The zero-order valence-electron chi connectivity index (χ0n) is 18.0. The molecule has 0 bridgehead atoms. The molecule has 2 aromatic rings. The molecule has 6 heteroatoms. The van der Waals surface area contributed by atoms with E-state index in [0.29, 0.717) is 35.3 Å². The van der Waals surface area contributed by atoms with E-state index in [0.717, 1.165) is 24.8 Å². The Morgan fingerprint density at radius 3 is 2.45 bits per heavy atom. The van der Waals surface area contributed by atoms with E-state index in [4.69, 9.17) is 11.6 Å². The number of ketones is 1. The number of nitrogens with one attached hydrogen (secondary N) is 1. The molecule has 1 heterocycles. The van der Waals surface area contributed by atoms with Gasteiger partial charge in [0.2, 0.25) is 5.91 Å². The van der Waals surface area contributed by atoms with Crippen molar-refractivity contribution in [1.82, 2.24) is 4.90 Å². The molecule has 1 saturated heterocycles. The first-order valence-electron chi connectivity index (χ1n) is 10.7. The fourth-order valence-electron chi connectivity index (χ4n) is 3.98. The van der Waals surface area contributed by atoms with Crippen LogP contribution in [0.1, 0.15) is 48.2 Å². The molecule has 162 valence electrons. The summed E-state index contributed by atoms with van der Waals surface area (Å²) in [7, 11) is 0. The number of hydrogen-bond donors (Lipinski definition) is 1. The summed E-state index contributed by atoms with van der Waals surface area (Å²) in [5.74, 6) is 0.587. The van der Waals surface area contributed by atoms with E-state index in [2.05, 4.69) is 37.4 Å². The number of carbonyl (C=O) groups excluding carboxylic acids is 2. The van der Waals surface area contributed by atoms with Gasteiger partial charge in [-0.3, -0.25) is 14.5 Å². The number of carbonyl (C=O) groups is 2. The van der Waals surface area contributed by atoms with E-state index in [1.165, 1.54) is 5.56 Å². The van der Waals surface area contributed by atoms with Crippen LogP contribution in [-0.2, 0) is 11.2 Å². The number of benzene rings is 2. The van der Waals surface area contributed by atoms with Gasteiger partial charge in [0.1, 0.15) is 6.07 Å². The van der Waals surface area contributed by atoms with E-state index >= 15 is 0 Å². The summed E-state index contributed by atoms with van der Waals surface area (Å²) >= 11 is 5.97. The maximum Gasteiger partial charge on any atom is 0.238 e. The highest BCUT2D eigenvalue weighted by molar-refractivity contribution is 6.31. The van der Waals surface area contributed by atoms with Gasteiger partial charge in [-0.25, -0.2) is 0 Å². The van der Waals surface area contributed by atoms with Crippen LogP contribution in [0.2, 0.25) is 5.02 Å². The van der Waals surface area contributed by atoms with E-state index in [9.17, 15) is 14.9 Å². The molecule has 2 aromatic carbocycles. The average molecular weight is 438 g/mol. The topological polar surface area (TPSA) is 73.2 Å².